The van der Waals surface area contributed by atoms with E-state index in [1.807, 2.05) is 35.2 Å². The van der Waals surface area contributed by atoms with Crippen LogP contribution in [-0.4, -0.2) is 57.2 Å². The molecule has 1 saturated heterocycles. The summed E-state index contributed by atoms with van der Waals surface area (Å²) in [5, 5.41) is 8.76. The van der Waals surface area contributed by atoms with Crippen LogP contribution in [-0.2, 0) is 17.9 Å². The van der Waals surface area contributed by atoms with Crippen molar-refractivity contribution in [1.82, 2.24) is 24.6 Å². The van der Waals surface area contributed by atoms with Crippen molar-refractivity contribution < 1.29 is 9.53 Å². The summed E-state index contributed by atoms with van der Waals surface area (Å²) < 4.78 is 7.82. The van der Waals surface area contributed by atoms with E-state index in [1.165, 1.54) is 0 Å². The highest BCUT2D eigenvalue weighted by atomic mass is 16.5. The van der Waals surface area contributed by atoms with Gasteiger partial charge in [-0.1, -0.05) is 18.2 Å². The molecule has 0 N–H and O–H groups in total. The van der Waals surface area contributed by atoms with Gasteiger partial charge in [0.2, 0.25) is 0 Å². The molecular weight excluding hydrogens is 318 g/mol. The Bertz CT molecular complexity index is 745. The number of aromatic nitrogens is 3. The molecule has 7 heteroatoms. The lowest BCUT2D eigenvalue weighted by Crippen LogP contribution is -2.37. The number of likely N-dealkylation sites (tertiary alicyclic amines) is 1. The van der Waals surface area contributed by atoms with Crippen molar-refractivity contribution in [2.45, 2.75) is 32.0 Å². The van der Waals surface area contributed by atoms with Gasteiger partial charge in [0.05, 0.1) is 12.6 Å². The smallest absolute Gasteiger partial charge is 0.261 e. The molecule has 1 aromatic carbocycles. The van der Waals surface area contributed by atoms with Crippen molar-refractivity contribution in [2.24, 2.45) is 0 Å². The maximum absolute atomic E-state index is 12.7. The van der Waals surface area contributed by atoms with Gasteiger partial charge >= 0.3 is 0 Å². The number of likely N-dealkylation sites (N-methyl/N-ethyl adjacent to an activating group) is 1. The molecule has 3 heterocycles. The molecule has 1 atom stereocenters. The second-order valence-corrected chi connectivity index (χ2v) is 6.71. The summed E-state index contributed by atoms with van der Waals surface area (Å²) in [6.07, 6.45) is 1.93. The zero-order valence-electron chi connectivity index (χ0n) is 14.5. The number of benzene rings is 1. The van der Waals surface area contributed by atoms with Gasteiger partial charge in [-0.15, -0.1) is 10.2 Å². The summed E-state index contributed by atoms with van der Waals surface area (Å²) >= 11 is 0. The molecule has 0 radical (unpaired) electrons. The fourth-order valence-electron chi connectivity index (χ4n) is 3.63. The van der Waals surface area contributed by atoms with E-state index in [4.69, 9.17) is 4.74 Å². The van der Waals surface area contributed by atoms with Crippen LogP contribution in [0.15, 0.2) is 30.3 Å². The lowest BCUT2D eigenvalue weighted by molar-refractivity contribution is -0.134. The Morgan fingerprint density at radius 2 is 2.04 bits per heavy atom. The van der Waals surface area contributed by atoms with E-state index in [2.05, 4.69) is 26.7 Å². The fraction of sp³-hybridized carbons (Fsp3) is 0.500. The van der Waals surface area contributed by atoms with Gasteiger partial charge in [-0.2, -0.15) is 0 Å². The maximum Gasteiger partial charge on any atom is 0.261 e. The fourth-order valence-corrected chi connectivity index (χ4v) is 3.63. The molecule has 1 fully saturated rings. The molecule has 0 saturated carbocycles. The summed E-state index contributed by atoms with van der Waals surface area (Å²) in [6.45, 7) is 3.49. The zero-order valence-corrected chi connectivity index (χ0v) is 14.5. The van der Waals surface area contributed by atoms with E-state index in [0.29, 0.717) is 0 Å². The molecule has 1 aromatic heterocycles. The number of carbonyl (C=O) groups is 1. The minimum absolute atomic E-state index is 0.0107. The predicted octanol–water partition coefficient (Wildman–Crippen LogP) is 1.47. The van der Waals surface area contributed by atoms with Crippen molar-refractivity contribution in [2.75, 3.05) is 26.7 Å². The Labute approximate surface area is 147 Å². The number of amides is 1. The van der Waals surface area contributed by atoms with Crippen molar-refractivity contribution in [3.63, 3.8) is 0 Å². The second-order valence-electron chi connectivity index (χ2n) is 6.71. The average Bonchev–Trinajstić information content (AvgIpc) is 3.26. The first kappa shape index (κ1) is 16.1. The van der Waals surface area contributed by atoms with Gasteiger partial charge in [0.25, 0.3) is 5.91 Å². The number of carbonyl (C=O) groups excluding carboxylic acids is 1. The molecule has 1 amide bonds. The molecule has 4 rings (SSSR count). The molecular formula is C18H23N5O2. The molecule has 7 nitrogen and oxygen atoms in total. The summed E-state index contributed by atoms with van der Waals surface area (Å²) in [4.78, 5) is 16.8. The van der Waals surface area contributed by atoms with E-state index in [1.54, 1.807) is 0 Å². The van der Waals surface area contributed by atoms with Crippen LogP contribution >= 0.6 is 0 Å². The van der Waals surface area contributed by atoms with E-state index in [-0.39, 0.29) is 18.6 Å². The maximum atomic E-state index is 12.7. The molecule has 2 aliphatic heterocycles. The third kappa shape index (κ3) is 3.24. The van der Waals surface area contributed by atoms with Crippen LogP contribution in [0, 0.1) is 0 Å². The third-order valence-corrected chi connectivity index (χ3v) is 4.95. The topological polar surface area (TPSA) is 63.5 Å². The van der Waals surface area contributed by atoms with Crippen LogP contribution in [0.4, 0.5) is 0 Å². The second kappa shape index (κ2) is 6.84. The number of ether oxygens (including phenoxy) is 1. The normalized spacial score (nSPS) is 20.5. The van der Waals surface area contributed by atoms with Gasteiger partial charge in [-0.05, 0) is 32.0 Å². The van der Waals surface area contributed by atoms with Crippen molar-refractivity contribution in [1.29, 1.82) is 0 Å². The number of para-hydroxylation sites is 1. The van der Waals surface area contributed by atoms with Crippen molar-refractivity contribution in [3.8, 4) is 5.75 Å². The number of hydrogen-bond donors (Lipinski definition) is 0. The molecule has 0 unspecified atom stereocenters. The first-order chi connectivity index (χ1) is 12.2. The average molecular weight is 341 g/mol. The Hall–Kier alpha value is -2.41. The first-order valence-electron chi connectivity index (χ1n) is 8.80. The molecule has 0 bridgehead atoms. The van der Waals surface area contributed by atoms with Crippen LogP contribution < -0.4 is 4.74 Å². The molecule has 2 aliphatic rings. The predicted molar refractivity (Wildman–Crippen MR) is 92.0 cm³/mol. The highest BCUT2D eigenvalue weighted by Gasteiger charge is 2.35. The first-order valence-corrected chi connectivity index (χ1v) is 8.80. The summed E-state index contributed by atoms with van der Waals surface area (Å²) in [6, 6.07) is 9.46. The van der Waals surface area contributed by atoms with Crippen LogP contribution in [0.1, 0.15) is 30.5 Å². The van der Waals surface area contributed by atoms with E-state index >= 15 is 0 Å². The molecule has 25 heavy (non-hydrogen) atoms. The van der Waals surface area contributed by atoms with Gasteiger partial charge < -0.3 is 14.2 Å². The van der Waals surface area contributed by atoms with Crippen molar-refractivity contribution >= 4 is 5.91 Å². The molecule has 0 aliphatic carbocycles. The summed E-state index contributed by atoms with van der Waals surface area (Å²) in [5.41, 5.74) is 0. The van der Waals surface area contributed by atoms with Crippen molar-refractivity contribution in [3.05, 3.63) is 42.0 Å². The van der Waals surface area contributed by atoms with E-state index < -0.39 is 0 Å². The Morgan fingerprint density at radius 3 is 2.88 bits per heavy atom. The Balaban J connectivity index is 1.46. The van der Waals surface area contributed by atoms with Crippen LogP contribution in [0.2, 0.25) is 0 Å². The highest BCUT2D eigenvalue weighted by Crippen LogP contribution is 2.32. The Morgan fingerprint density at radius 1 is 1.20 bits per heavy atom. The van der Waals surface area contributed by atoms with Crippen LogP contribution in [0.25, 0.3) is 0 Å². The number of nitrogens with zero attached hydrogens (tertiary/aromatic N) is 5. The third-order valence-electron chi connectivity index (χ3n) is 4.95. The summed E-state index contributed by atoms with van der Waals surface area (Å²) in [5.74, 6) is 2.64. The number of rotatable bonds is 4. The van der Waals surface area contributed by atoms with E-state index in [9.17, 15) is 4.79 Å². The number of hydrogen-bond acceptors (Lipinski definition) is 5. The largest absolute Gasteiger partial charge is 0.484 e. The SMILES string of the molecule is CN1CCn2c(nnc2[C@@H]2CCCN2C(=O)COc2ccccc2)C1. The highest BCUT2D eigenvalue weighted by molar-refractivity contribution is 5.78. The van der Waals surface area contributed by atoms with Gasteiger partial charge in [0, 0.05) is 19.6 Å². The Kier molecular flexibility index (Phi) is 4.40. The minimum atomic E-state index is 0.0107. The zero-order chi connectivity index (χ0) is 17.2. The quantitative estimate of drug-likeness (QED) is 0.843. The summed E-state index contributed by atoms with van der Waals surface area (Å²) in [7, 11) is 2.09. The molecule has 2 aromatic rings. The van der Waals surface area contributed by atoms with Gasteiger partial charge in [-0.3, -0.25) is 9.69 Å². The molecule has 0 spiro atoms. The standard InChI is InChI=1S/C18H23N5O2/c1-21-10-11-23-16(12-21)19-20-18(23)15-8-5-9-22(15)17(24)13-25-14-6-3-2-4-7-14/h2-4,6-7,15H,5,8-13H2,1H3/t15-/m0/s1. The number of fused-ring (bicyclic) bond motifs is 1. The molecule has 132 valence electrons. The van der Waals surface area contributed by atoms with Gasteiger partial charge in [0.15, 0.2) is 12.4 Å². The van der Waals surface area contributed by atoms with E-state index in [0.717, 1.165) is 56.4 Å². The van der Waals surface area contributed by atoms with Gasteiger partial charge in [0.1, 0.15) is 11.6 Å². The van der Waals surface area contributed by atoms with Crippen LogP contribution in [0.3, 0.4) is 0 Å². The minimum Gasteiger partial charge on any atom is -0.484 e. The lowest BCUT2D eigenvalue weighted by atomic mass is 10.2. The van der Waals surface area contributed by atoms with Crippen LogP contribution in [0.5, 0.6) is 5.75 Å². The monoisotopic (exact) mass is 341 g/mol. The lowest BCUT2D eigenvalue weighted by Gasteiger charge is -2.28. The van der Waals surface area contributed by atoms with Gasteiger partial charge in [-0.25, -0.2) is 0 Å².